The molecule has 2 rings (SSSR count). The fraction of sp³-hybridized carbons (Fsp3) is 0.650. The van der Waals surface area contributed by atoms with E-state index in [2.05, 4.69) is 21.9 Å². The molecule has 1 heterocycles. The molecule has 0 amide bonds. The molecular formula is C20H34N4O2S. The molecule has 0 aromatic heterocycles. The standard InChI is InChI=1S/C20H34N4O2S/c1-6-21-19(24-13-11-16(2)12-14-24)22-15-17-9-7-8-10-18(17)27(25,26)23-20(3,4)5/h7-10,16,23H,6,11-15H2,1-5H3,(H,21,22). The molecule has 1 aliphatic rings. The van der Waals surface area contributed by atoms with Gasteiger partial charge in [0.1, 0.15) is 0 Å². The number of rotatable bonds is 5. The highest BCUT2D eigenvalue weighted by Crippen LogP contribution is 2.20. The van der Waals surface area contributed by atoms with Crippen LogP contribution in [0.5, 0.6) is 0 Å². The molecule has 1 aliphatic heterocycles. The number of benzene rings is 1. The normalized spacial score (nSPS) is 17.2. The van der Waals surface area contributed by atoms with E-state index in [9.17, 15) is 8.42 Å². The van der Waals surface area contributed by atoms with Crippen LogP contribution in [0, 0.1) is 5.92 Å². The number of hydrogen-bond acceptors (Lipinski definition) is 3. The van der Waals surface area contributed by atoms with Crippen LogP contribution in [0.3, 0.4) is 0 Å². The molecule has 1 aromatic rings. The van der Waals surface area contributed by atoms with Crippen molar-refractivity contribution in [1.82, 2.24) is 14.9 Å². The molecule has 27 heavy (non-hydrogen) atoms. The molecule has 1 fully saturated rings. The summed E-state index contributed by atoms with van der Waals surface area (Å²) in [6.07, 6.45) is 2.32. The first-order valence-corrected chi connectivity index (χ1v) is 11.3. The second kappa shape index (κ2) is 9.06. The van der Waals surface area contributed by atoms with Crippen LogP contribution in [0.1, 0.15) is 53.0 Å². The van der Waals surface area contributed by atoms with E-state index in [-0.39, 0.29) is 0 Å². The Morgan fingerprint density at radius 3 is 2.44 bits per heavy atom. The van der Waals surface area contributed by atoms with Gasteiger partial charge in [-0.3, -0.25) is 0 Å². The van der Waals surface area contributed by atoms with Crippen LogP contribution in [0.4, 0.5) is 0 Å². The van der Waals surface area contributed by atoms with E-state index in [1.807, 2.05) is 39.8 Å². The van der Waals surface area contributed by atoms with E-state index in [0.717, 1.165) is 44.4 Å². The topological polar surface area (TPSA) is 73.8 Å². The summed E-state index contributed by atoms with van der Waals surface area (Å²) in [4.78, 5) is 7.31. The molecule has 1 saturated heterocycles. The SMILES string of the molecule is CCNC(=NCc1ccccc1S(=O)(=O)NC(C)(C)C)N1CCC(C)CC1. The van der Waals surface area contributed by atoms with Crippen LogP contribution in [-0.2, 0) is 16.6 Å². The molecule has 0 unspecified atom stereocenters. The van der Waals surface area contributed by atoms with Crippen LogP contribution < -0.4 is 10.0 Å². The molecule has 0 radical (unpaired) electrons. The van der Waals surface area contributed by atoms with Gasteiger partial charge in [0.05, 0.1) is 11.4 Å². The number of piperidine rings is 1. The van der Waals surface area contributed by atoms with E-state index in [0.29, 0.717) is 17.0 Å². The number of nitrogens with zero attached hydrogens (tertiary/aromatic N) is 2. The zero-order valence-electron chi connectivity index (χ0n) is 17.2. The fourth-order valence-corrected chi connectivity index (χ4v) is 4.81. The lowest BCUT2D eigenvalue weighted by atomic mass is 10.00. The quantitative estimate of drug-likeness (QED) is 0.595. The molecule has 2 N–H and O–H groups in total. The zero-order chi connectivity index (χ0) is 20.1. The summed E-state index contributed by atoms with van der Waals surface area (Å²) < 4.78 is 28.3. The maximum Gasteiger partial charge on any atom is 0.241 e. The molecule has 6 nitrogen and oxygen atoms in total. The van der Waals surface area contributed by atoms with Crippen molar-refractivity contribution in [2.75, 3.05) is 19.6 Å². The predicted molar refractivity (Wildman–Crippen MR) is 111 cm³/mol. The summed E-state index contributed by atoms with van der Waals surface area (Å²) in [7, 11) is -3.59. The third-order valence-corrected chi connectivity index (χ3v) is 6.38. The van der Waals surface area contributed by atoms with E-state index in [1.165, 1.54) is 0 Å². The van der Waals surface area contributed by atoms with Gasteiger partial charge in [-0.2, -0.15) is 0 Å². The van der Waals surface area contributed by atoms with Crippen molar-refractivity contribution in [3.63, 3.8) is 0 Å². The second-order valence-corrected chi connectivity index (χ2v) is 9.95. The Kier molecular flexibility index (Phi) is 7.28. The summed E-state index contributed by atoms with van der Waals surface area (Å²) in [5, 5.41) is 3.34. The van der Waals surface area contributed by atoms with Crippen LogP contribution in [0.15, 0.2) is 34.2 Å². The minimum absolute atomic E-state index is 0.298. The van der Waals surface area contributed by atoms with E-state index in [4.69, 9.17) is 4.99 Å². The minimum atomic E-state index is -3.59. The highest BCUT2D eigenvalue weighted by molar-refractivity contribution is 7.89. The smallest absolute Gasteiger partial charge is 0.241 e. The highest BCUT2D eigenvalue weighted by Gasteiger charge is 2.24. The maximum absolute atomic E-state index is 12.8. The molecule has 7 heteroatoms. The Morgan fingerprint density at radius 1 is 1.22 bits per heavy atom. The van der Waals surface area contributed by atoms with Crippen molar-refractivity contribution < 1.29 is 8.42 Å². The zero-order valence-corrected chi connectivity index (χ0v) is 18.1. The maximum atomic E-state index is 12.8. The summed E-state index contributed by atoms with van der Waals surface area (Å²) in [5.74, 6) is 1.61. The molecule has 0 atom stereocenters. The van der Waals surface area contributed by atoms with Gasteiger partial charge in [0.25, 0.3) is 0 Å². The van der Waals surface area contributed by atoms with Gasteiger partial charge in [0.2, 0.25) is 10.0 Å². The van der Waals surface area contributed by atoms with Crippen LogP contribution in [-0.4, -0.2) is 44.5 Å². The minimum Gasteiger partial charge on any atom is -0.357 e. The van der Waals surface area contributed by atoms with Gasteiger partial charge in [-0.25, -0.2) is 18.1 Å². The summed E-state index contributed by atoms with van der Waals surface area (Å²) in [6, 6.07) is 7.09. The lowest BCUT2D eigenvalue weighted by Gasteiger charge is -2.33. The fourth-order valence-electron chi connectivity index (χ4n) is 3.16. The van der Waals surface area contributed by atoms with Gasteiger partial charge in [-0.15, -0.1) is 0 Å². The molecule has 1 aromatic carbocycles. The monoisotopic (exact) mass is 394 g/mol. The lowest BCUT2D eigenvalue weighted by Crippen LogP contribution is -2.45. The second-order valence-electron chi connectivity index (χ2n) is 8.30. The Hall–Kier alpha value is -1.60. The summed E-state index contributed by atoms with van der Waals surface area (Å²) in [6.45, 7) is 12.9. The van der Waals surface area contributed by atoms with Gasteiger partial charge >= 0.3 is 0 Å². The van der Waals surface area contributed by atoms with Gasteiger partial charge < -0.3 is 10.2 Å². The summed E-state index contributed by atoms with van der Waals surface area (Å²) >= 11 is 0. The average molecular weight is 395 g/mol. The first-order valence-electron chi connectivity index (χ1n) is 9.77. The van der Waals surface area contributed by atoms with E-state index in [1.54, 1.807) is 12.1 Å². The van der Waals surface area contributed by atoms with Crippen LogP contribution >= 0.6 is 0 Å². The van der Waals surface area contributed by atoms with Crippen molar-refractivity contribution in [3.05, 3.63) is 29.8 Å². The Labute approximate surface area is 164 Å². The highest BCUT2D eigenvalue weighted by atomic mass is 32.2. The Morgan fingerprint density at radius 2 is 1.85 bits per heavy atom. The number of likely N-dealkylation sites (tertiary alicyclic amines) is 1. The molecule has 0 bridgehead atoms. The number of sulfonamides is 1. The van der Waals surface area contributed by atoms with Crippen molar-refractivity contribution >= 4 is 16.0 Å². The molecule has 152 valence electrons. The lowest BCUT2D eigenvalue weighted by molar-refractivity contribution is 0.273. The molecule has 0 spiro atoms. The van der Waals surface area contributed by atoms with Crippen molar-refractivity contribution in [2.45, 2.75) is 64.4 Å². The van der Waals surface area contributed by atoms with Gasteiger partial charge in [-0.1, -0.05) is 25.1 Å². The third-order valence-electron chi connectivity index (χ3n) is 4.52. The average Bonchev–Trinajstić information content (AvgIpc) is 2.57. The molecule has 0 saturated carbocycles. The Balaban J connectivity index is 2.24. The molecule has 0 aliphatic carbocycles. The number of aliphatic imine (C=N–C) groups is 1. The van der Waals surface area contributed by atoms with E-state index < -0.39 is 15.6 Å². The molecular weight excluding hydrogens is 360 g/mol. The van der Waals surface area contributed by atoms with E-state index >= 15 is 0 Å². The predicted octanol–water partition coefficient (Wildman–Crippen LogP) is 2.96. The van der Waals surface area contributed by atoms with Gasteiger partial charge in [-0.05, 0) is 58.1 Å². The number of hydrogen-bond donors (Lipinski definition) is 2. The number of nitrogens with one attached hydrogen (secondary N) is 2. The Bertz CT molecular complexity index is 745. The first kappa shape index (κ1) is 21.7. The summed E-state index contributed by atoms with van der Waals surface area (Å²) in [5.41, 5.74) is 0.171. The van der Waals surface area contributed by atoms with Crippen LogP contribution in [0.25, 0.3) is 0 Å². The third kappa shape index (κ3) is 6.50. The largest absolute Gasteiger partial charge is 0.357 e. The van der Waals surface area contributed by atoms with Crippen molar-refractivity contribution in [1.29, 1.82) is 0 Å². The van der Waals surface area contributed by atoms with Gasteiger partial charge in [0, 0.05) is 25.2 Å². The van der Waals surface area contributed by atoms with Gasteiger partial charge in [0.15, 0.2) is 5.96 Å². The van der Waals surface area contributed by atoms with Crippen molar-refractivity contribution in [3.8, 4) is 0 Å². The van der Waals surface area contributed by atoms with Crippen LogP contribution in [0.2, 0.25) is 0 Å². The number of guanidine groups is 1. The van der Waals surface area contributed by atoms with Crippen molar-refractivity contribution in [2.24, 2.45) is 10.9 Å². The first-order chi connectivity index (χ1) is 12.6.